The second-order valence-electron chi connectivity index (χ2n) is 7.03. The van der Waals surface area contributed by atoms with Gasteiger partial charge in [0.15, 0.2) is 0 Å². The fourth-order valence-corrected chi connectivity index (χ4v) is 4.11. The predicted octanol–water partition coefficient (Wildman–Crippen LogP) is 3.31. The fraction of sp³-hybridized carbons (Fsp3) is 0.381. The smallest absolute Gasteiger partial charge is 0.313 e. The summed E-state index contributed by atoms with van der Waals surface area (Å²) in [6, 6.07) is 13.2. The van der Waals surface area contributed by atoms with E-state index in [1.54, 1.807) is 6.07 Å². The molecule has 0 aromatic heterocycles. The molecule has 2 fully saturated rings. The highest BCUT2D eigenvalue weighted by molar-refractivity contribution is 6.05. The summed E-state index contributed by atoms with van der Waals surface area (Å²) in [6.45, 7) is 0.105. The van der Waals surface area contributed by atoms with Gasteiger partial charge in [0, 0.05) is 11.9 Å². The van der Waals surface area contributed by atoms with E-state index in [4.69, 9.17) is 4.74 Å². The summed E-state index contributed by atoms with van der Waals surface area (Å²) >= 11 is 0. The highest BCUT2D eigenvalue weighted by Gasteiger charge is 2.47. The minimum Gasteiger partial charge on any atom is -0.426 e. The average molecular weight is 351 g/mol. The maximum Gasteiger partial charge on any atom is 0.313 e. The van der Waals surface area contributed by atoms with Gasteiger partial charge >= 0.3 is 5.97 Å². The number of fused-ring (bicyclic) bond motifs is 2. The molecule has 26 heavy (non-hydrogen) atoms. The van der Waals surface area contributed by atoms with E-state index in [9.17, 15) is 14.4 Å². The van der Waals surface area contributed by atoms with Crippen LogP contribution in [0, 0.1) is 11.8 Å². The van der Waals surface area contributed by atoms with E-state index < -0.39 is 5.97 Å². The van der Waals surface area contributed by atoms with Gasteiger partial charge in [-0.3, -0.25) is 19.3 Å². The Bertz CT molecular complexity index is 846. The second kappa shape index (κ2) is 6.90. The first-order chi connectivity index (χ1) is 12.6. The third kappa shape index (κ3) is 2.98. The number of hydrogen-bond donors (Lipinski definition) is 0. The van der Waals surface area contributed by atoms with Gasteiger partial charge in [-0.2, -0.15) is 0 Å². The molecule has 0 unspecified atom stereocenters. The van der Waals surface area contributed by atoms with Crippen LogP contribution < -0.4 is 4.74 Å². The highest BCUT2D eigenvalue weighted by Crippen LogP contribution is 2.38. The summed E-state index contributed by atoms with van der Waals surface area (Å²) in [5.41, 5.74) is 0. The molecule has 4 rings (SSSR count). The Hall–Kier alpha value is -2.69. The fourth-order valence-electron chi connectivity index (χ4n) is 4.11. The van der Waals surface area contributed by atoms with Crippen molar-refractivity contribution in [1.29, 1.82) is 0 Å². The number of imide groups is 1. The topological polar surface area (TPSA) is 63.7 Å². The molecule has 1 heterocycles. The first kappa shape index (κ1) is 16.8. The molecule has 1 saturated carbocycles. The van der Waals surface area contributed by atoms with E-state index in [0.29, 0.717) is 5.75 Å². The van der Waals surface area contributed by atoms with E-state index in [1.807, 2.05) is 36.4 Å². The van der Waals surface area contributed by atoms with Gasteiger partial charge in [0.2, 0.25) is 11.8 Å². The van der Waals surface area contributed by atoms with Crippen LogP contribution in [0.1, 0.15) is 32.1 Å². The molecule has 5 heteroatoms. The zero-order valence-corrected chi connectivity index (χ0v) is 14.5. The van der Waals surface area contributed by atoms with Crippen LogP contribution in [0.3, 0.4) is 0 Å². The first-order valence-corrected chi connectivity index (χ1v) is 9.19. The highest BCUT2D eigenvalue weighted by atomic mass is 16.5. The molecular formula is C21H21NO4. The summed E-state index contributed by atoms with van der Waals surface area (Å²) in [7, 11) is 0. The predicted molar refractivity (Wildman–Crippen MR) is 96.4 cm³/mol. The van der Waals surface area contributed by atoms with Gasteiger partial charge in [0.1, 0.15) is 5.75 Å². The van der Waals surface area contributed by atoms with Crippen molar-refractivity contribution >= 4 is 28.6 Å². The van der Waals surface area contributed by atoms with Crippen LogP contribution >= 0.6 is 0 Å². The summed E-state index contributed by atoms with van der Waals surface area (Å²) < 4.78 is 5.49. The third-order valence-electron chi connectivity index (χ3n) is 5.45. The number of benzene rings is 2. The standard InChI is InChI=1S/C21H21NO4/c23-19(26-18-11-5-7-14-6-1-2-8-15(14)18)12-13-22-20(24)16-9-3-4-10-17(16)21(22)25/h1-2,5-8,11,16-17H,3-4,9-10,12-13H2/t16-,17+. The molecule has 1 saturated heterocycles. The molecule has 5 nitrogen and oxygen atoms in total. The number of hydrogen-bond acceptors (Lipinski definition) is 4. The zero-order chi connectivity index (χ0) is 18.1. The maximum atomic E-state index is 12.4. The number of amides is 2. The lowest BCUT2D eigenvalue weighted by molar-refractivity contribution is -0.141. The van der Waals surface area contributed by atoms with Crippen molar-refractivity contribution < 1.29 is 19.1 Å². The Balaban J connectivity index is 1.41. The molecule has 0 N–H and O–H groups in total. The van der Waals surface area contributed by atoms with Gasteiger partial charge in [-0.05, 0) is 24.3 Å². The second-order valence-corrected chi connectivity index (χ2v) is 7.03. The summed E-state index contributed by atoms with van der Waals surface area (Å²) in [6.07, 6.45) is 3.58. The Morgan fingerprint density at radius 3 is 2.35 bits per heavy atom. The van der Waals surface area contributed by atoms with Crippen LogP contribution in [-0.4, -0.2) is 29.2 Å². The van der Waals surface area contributed by atoms with E-state index in [-0.39, 0.29) is 36.6 Å². The molecule has 1 aliphatic heterocycles. The number of nitrogens with zero attached hydrogens (tertiary/aromatic N) is 1. The quantitative estimate of drug-likeness (QED) is 0.482. The first-order valence-electron chi connectivity index (χ1n) is 9.19. The molecule has 2 amide bonds. The van der Waals surface area contributed by atoms with E-state index >= 15 is 0 Å². The lowest BCUT2D eigenvalue weighted by atomic mass is 9.81. The van der Waals surface area contributed by atoms with E-state index in [1.165, 1.54) is 4.90 Å². The largest absolute Gasteiger partial charge is 0.426 e. The van der Waals surface area contributed by atoms with Gasteiger partial charge in [0.05, 0.1) is 18.3 Å². The summed E-state index contributed by atoms with van der Waals surface area (Å²) in [4.78, 5) is 38.4. The van der Waals surface area contributed by atoms with Crippen molar-refractivity contribution in [1.82, 2.24) is 4.90 Å². The minimum absolute atomic E-state index is 0.0140. The number of rotatable bonds is 4. The molecular weight excluding hydrogens is 330 g/mol. The lowest BCUT2D eigenvalue weighted by Crippen LogP contribution is -2.33. The molecule has 1 aliphatic carbocycles. The molecule has 0 spiro atoms. The summed E-state index contributed by atoms with van der Waals surface area (Å²) in [5, 5.41) is 1.86. The molecule has 2 aromatic carbocycles. The van der Waals surface area contributed by atoms with E-state index in [2.05, 4.69) is 0 Å². The number of likely N-dealkylation sites (tertiary alicyclic amines) is 1. The number of carbonyl (C=O) groups excluding carboxylic acids is 3. The minimum atomic E-state index is -0.433. The Morgan fingerprint density at radius 1 is 0.962 bits per heavy atom. The third-order valence-corrected chi connectivity index (χ3v) is 5.45. The normalized spacial score (nSPS) is 22.5. The molecule has 134 valence electrons. The SMILES string of the molecule is O=C(CCN1C(=O)[C@H]2CCCC[C@H]2C1=O)Oc1cccc2ccccc12. The molecule has 2 atom stereocenters. The van der Waals surface area contributed by atoms with Crippen LogP contribution in [0.5, 0.6) is 5.75 Å². The molecule has 0 radical (unpaired) electrons. The van der Waals surface area contributed by atoms with Crippen molar-refractivity contribution in [2.75, 3.05) is 6.54 Å². The van der Waals surface area contributed by atoms with Crippen molar-refractivity contribution in [3.05, 3.63) is 42.5 Å². The van der Waals surface area contributed by atoms with Gasteiger partial charge in [0.25, 0.3) is 0 Å². The zero-order valence-electron chi connectivity index (χ0n) is 14.5. The van der Waals surface area contributed by atoms with Crippen molar-refractivity contribution in [3.63, 3.8) is 0 Å². The number of esters is 1. The van der Waals surface area contributed by atoms with Crippen LogP contribution in [0.15, 0.2) is 42.5 Å². The lowest BCUT2D eigenvalue weighted by Gasteiger charge is -2.19. The van der Waals surface area contributed by atoms with Crippen LogP contribution in [0.2, 0.25) is 0 Å². The Morgan fingerprint density at radius 2 is 1.62 bits per heavy atom. The molecule has 2 aliphatic rings. The molecule has 0 bridgehead atoms. The van der Waals surface area contributed by atoms with Crippen molar-refractivity contribution in [3.8, 4) is 5.75 Å². The number of carbonyl (C=O) groups is 3. The van der Waals surface area contributed by atoms with Gasteiger partial charge in [-0.25, -0.2) is 0 Å². The monoisotopic (exact) mass is 351 g/mol. The van der Waals surface area contributed by atoms with Crippen molar-refractivity contribution in [2.45, 2.75) is 32.1 Å². The molecule has 2 aromatic rings. The average Bonchev–Trinajstić information content (AvgIpc) is 2.91. The Kier molecular flexibility index (Phi) is 4.45. The van der Waals surface area contributed by atoms with Crippen LogP contribution in [0.4, 0.5) is 0 Å². The van der Waals surface area contributed by atoms with Crippen LogP contribution in [0.25, 0.3) is 10.8 Å². The van der Waals surface area contributed by atoms with E-state index in [0.717, 1.165) is 36.5 Å². The number of ether oxygens (including phenoxy) is 1. The van der Waals surface area contributed by atoms with Gasteiger partial charge in [-0.15, -0.1) is 0 Å². The van der Waals surface area contributed by atoms with Crippen molar-refractivity contribution in [2.24, 2.45) is 11.8 Å². The summed E-state index contributed by atoms with van der Waals surface area (Å²) in [5.74, 6) is -0.510. The Labute approximate surface area is 151 Å². The van der Waals surface area contributed by atoms with Gasteiger partial charge < -0.3 is 4.74 Å². The maximum absolute atomic E-state index is 12.4. The van der Waals surface area contributed by atoms with Crippen LogP contribution in [-0.2, 0) is 14.4 Å². The van der Waals surface area contributed by atoms with Gasteiger partial charge in [-0.1, -0.05) is 49.2 Å².